The molecule has 0 nitrogen and oxygen atoms in total. The van der Waals surface area contributed by atoms with Gasteiger partial charge in [-0.15, -0.1) is 0 Å². The zero-order valence-electron chi connectivity index (χ0n) is 33.9. The van der Waals surface area contributed by atoms with Crippen LogP contribution in [0.25, 0.3) is 131 Å². The van der Waals surface area contributed by atoms with Crippen molar-refractivity contribution in [1.29, 1.82) is 0 Å². The van der Waals surface area contributed by atoms with E-state index in [1.807, 2.05) is 0 Å². The Morgan fingerprint density at radius 3 is 1.11 bits per heavy atom. The molecule has 0 N–H and O–H groups in total. The Hall–Kier alpha value is -8.06. The standard InChI is InChI=1S/C62H38/c1-5-16-39(17-6-1)43-30-44(40-18-7-2-8-19-40)33-47(32-43)48-36-50-38-58-55-27-15-26-53-51(49-34-45(41-20-9-3-10-21-41)31-46(35-49)42-22-11-4-12-23-42)28-29-56(60(53)55)61(58)62-54-25-14-13-24-52(54)57(37-48)59(50)62/h1-38H. The molecule has 0 atom stereocenters. The van der Waals surface area contributed by atoms with Gasteiger partial charge in [0.15, 0.2) is 0 Å². The van der Waals surface area contributed by atoms with Gasteiger partial charge in [0.1, 0.15) is 0 Å². The highest BCUT2D eigenvalue weighted by Crippen LogP contribution is 2.51. The average molecular weight is 783 g/mol. The van der Waals surface area contributed by atoms with E-state index in [2.05, 4.69) is 231 Å². The summed E-state index contributed by atoms with van der Waals surface area (Å²) in [5.74, 6) is 0. The van der Waals surface area contributed by atoms with Gasteiger partial charge in [-0.3, -0.25) is 0 Å². The second kappa shape index (κ2) is 13.7. The molecule has 286 valence electrons. The van der Waals surface area contributed by atoms with Gasteiger partial charge in [-0.1, -0.05) is 176 Å². The first-order valence-electron chi connectivity index (χ1n) is 21.6. The Kier molecular flexibility index (Phi) is 7.71. The van der Waals surface area contributed by atoms with Crippen LogP contribution in [-0.2, 0) is 0 Å². The average Bonchev–Trinajstić information content (AvgIpc) is 3.86. The van der Waals surface area contributed by atoms with E-state index in [1.54, 1.807) is 0 Å². The van der Waals surface area contributed by atoms with Gasteiger partial charge in [0.2, 0.25) is 0 Å². The zero-order chi connectivity index (χ0) is 40.7. The second-order valence-electron chi connectivity index (χ2n) is 16.8. The molecule has 0 amide bonds. The predicted octanol–water partition coefficient (Wildman–Crippen LogP) is 17.5. The normalized spacial score (nSPS) is 11.9. The second-order valence-corrected chi connectivity index (χ2v) is 16.8. The van der Waals surface area contributed by atoms with Crippen molar-refractivity contribution in [3.8, 4) is 66.8 Å². The quantitative estimate of drug-likeness (QED) is 0.158. The molecule has 0 aliphatic heterocycles. The zero-order valence-corrected chi connectivity index (χ0v) is 33.9. The van der Waals surface area contributed by atoms with Crippen LogP contribution < -0.4 is 0 Å². The highest BCUT2D eigenvalue weighted by Gasteiger charge is 2.23. The maximum absolute atomic E-state index is 2.49. The Labute approximate surface area is 360 Å². The molecular formula is C62H38. The maximum atomic E-state index is 2.49. The van der Waals surface area contributed by atoms with Crippen LogP contribution in [0, 0.1) is 0 Å². The van der Waals surface area contributed by atoms with Crippen molar-refractivity contribution in [3.05, 3.63) is 231 Å². The fourth-order valence-electron chi connectivity index (χ4n) is 10.5. The lowest BCUT2D eigenvalue weighted by Gasteiger charge is -2.13. The molecule has 0 aromatic heterocycles. The first kappa shape index (κ1) is 34.8. The minimum absolute atomic E-state index is 1.22. The lowest BCUT2D eigenvalue weighted by molar-refractivity contribution is 1.58. The van der Waals surface area contributed by atoms with E-state index < -0.39 is 0 Å². The van der Waals surface area contributed by atoms with Crippen molar-refractivity contribution in [2.75, 3.05) is 0 Å². The first-order chi connectivity index (χ1) is 30.7. The van der Waals surface area contributed by atoms with Crippen molar-refractivity contribution < 1.29 is 0 Å². The van der Waals surface area contributed by atoms with E-state index in [1.165, 1.54) is 131 Å². The van der Waals surface area contributed by atoms with Crippen LogP contribution in [0.4, 0.5) is 0 Å². The minimum atomic E-state index is 1.22. The molecule has 13 aromatic rings. The number of rotatable bonds is 6. The summed E-state index contributed by atoms with van der Waals surface area (Å²) >= 11 is 0. The number of benzene rings is 11. The van der Waals surface area contributed by atoms with Gasteiger partial charge in [0.05, 0.1) is 0 Å². The van der Waals surface area contributed by atoms with Crippen LogP contribution in [-0.4, -0.2) is 0 Å². The summed E-state index contributed by atoms with van der Waals surface area (Å²) in [6.45, 7) is 0. The Morgan fingerprint density at radius 1 is 0.161 bits per heavy atom. The van der Waals surface area contributed by atoms with Crippen molar-refractivity contribution in [3.63, 3.8) is 0 Å². The molecule has 0 saturated heterocycles. The Balaban J connectivity index is 1.07. The first-order valence-corrected chi connectivity index (χ1v) is 21.6. The molecule has 62 heavy (non-hydrogen) atoms. The molecule has 0 spiro atoms. The summed E-state index contributed by atoms with van der Waals surface area (Å²) in [7, 11) is 0. The molecule has 0 aliphatic rings. The third kappa shape index (κ3) is 5.40. The van der Waals surface area contributed by atoms with Gasteiger partial charge in [0, 0.05) is 0 Å². The maximum Gasteiger partial charge on any atom is -0.000784 e. The molecule has 0 bridgehead atoms. The molecule has 13 rings (SSSR count). The van der Waals surface area contributed by atoms with Gasteiger partial charge in [-0.25, -0.2) is 0 Å². The summed E-state index contributed by atoms with van der Waals surface area (Å²) < 4.78 is 0. The predicted molar refractivity (Wildman–Crippen MR) is 266 cm³/mol. The van der Waals surface area contributed by atoms with E-state index in [-0.39, 0.29) is 0 Å². The van der Waals surface area contributed by atoms with Gasteiger partial charge < -0.3 is 0 Å². The van der Waals surface area contributed by atoms with Crippen molar-refractivity contribution >= 4 is 64.6 Å². The van der Waals surface area contributed by atoms with E-state index in [0.29, 0.717) is 0 Å². The SMILES string of the molecule is c1ccc(-c2cc(-c3ccccc3)cc(-c3cc4cc5c6cccc7c(-c8cc(-c9ccccc9)cc(-c9ccccc9)c8)ccc(c76)c5c5c6ccccc6c(c3)c45)c2)cc1. The van der Waals surface area contributed by atoms with Gasteiger partial charge in [-0.05, 0) is 186 Å². The molecule has 0 unspecified atom stereocenters. The number of hydrogen-bond donors (Lipinski definition) is 0. The van der Waals surface area contributed by atoms with Crippen molar-refractivity contribution in [2.45, 2.75) is 0 Å². The molecule has 0 aliphatic carbocycles. The van der Waals surface area contributed by atoms with Gasteiger partial charge >= 0.3 is 0 Å². The summed E-state index contributed by atoms with van der Waals surface area (Å²) in [5.41, 5.74) is 14.7. The summed E-state index contributed by atoms with van der Waals surface area (Å²) in [6, 6.07) is 85.5. The number of hydrogen-bond acceptors (Lipinski definition) is 0. The Morgan fingerprint density at radius 2 is 0.565 bits per heavy atom. The van der Waals surface area contributed by atoms with Gasteiger partial charge in [0.25, 0.3) is 0 Å². The monoisotopic (exact) mass is 782 g/mol. The van der Waals surface area contributed by atoms with E-state index in [4.69, 9.17) is 0 Å². The lowest BCUT2D eigenvalue weighted by atomic mass is 9.90. The third-order valence-electron chi connectivity index (χ3n) is 13.3. The molecule has 0 heteroatoms. The summed E-state index contributed by atoms with van der Waals surface area (Å²) in [5, 5.41) is 15.9. The third-order valence-corrected chi connectivity index (χ3v) is 13.3. The molecule has 0 saturated carbocycles. The van der Waals surface area contributed by atoms with Crippen molar-refractivity contribution in [1.82, 2.24) is 0 Å². The van der Waals surface area contributed by atoms with E-state index in [9.17, 15) is 0 Å². The molecular weight excluding hydrogens is 745 g/mol. The Bertz CT molecular complexity index is 3690. The van der Waals surface area contributed by atoms with Crippen LogP contribution in [0.15, 0.2) is 231 Å². The topological polar surface area (TPSA) is 0 Å². The largest absolute Gasteiger partial charge is 0.0622 e. The summed E-state index contributed by atoms with van der Waals surface area (Å²) in [6.07, 6.45) is 0. The van der Waals surface area contributed by atoms with Crippen LogP contribution in [0.1, 0.15) is 0 Å². The minimum Gasteiger partial charge on any atom is -0.0622 e. The van der Waals surface area contributed by atoms with Crippen molar-refractivity contribution in [2.24, 2.45) is 0 Å². The van der Waals surface area contributed by atoms with E-state index in [0.717, 1.165) is 0 Å². The molecule has 13 aromatic carbocycles. The molecule has 0 heterocycles. The van der Waals surface area contributed by atoms with E-state index >= 15 is 0 Å². The smallest absolute Gasteiger partial charge is 0.000784 e. The van der Waals surface area contributed by atoms with Crippen LogP contribution in [0.5, 0.6) is 0 Å². The summed E-state index contributed by atoms with van der Waals surface area (Å²) in [4.78, 5) is 0. The molecule has 0 radical (unpaired) electrons. The highest BCUT2D eigenvalue weighted by atomic mass is 14.3. The van der Waals surface area contributed by atoms with Gasteiger partial charge in [-0.2, -0.15) is 0 Å². The molecule has 0 fully saturated rings. The highest BCUT2D eigenvalue weighted by molar-refractivity contribution is 6.45. The van der Waals surface area contributed by atoms with Crippen LogP contribution in [0.2, 0.25) is 0 Å². The van der Waals surface area contributed by atoms with Crippen LogP contribution in [0.3, 0.4) is 0 Å². The fraction of sp³-hybridized carbons (Fsp3) is 0. The number of fused-ring (bicyclic) bond motifs is 7. The fourth-order valence-corrected chi connectivity index (χ4v) is 10.5. The lowest BCUT2D eigenvalue weighted by Crippen LogP contribution is -1.87. The van der Waals surface area contributed by atoms with Crippen LogP contribution >= 0.6 is 0 Å².